The molecule has 0 aliphatic heterocycles. The summed E-state index contributed by atoms with van der Waals surface area (Å²) in [7, 11) is 0. The molecule has 0 amide bonds. The minimum Gasteiger partial charge on any atom is -0.227 e. The van der Waals surface area contributed by atoms with Crippen molar-refractivity contribution in [3.05, 3.63) is 0 Å². The highest BCUT2D eigenvalue weighted by molar-refractivity contribution is 14.1. The van der Waals surface area contributed by atoms with Crippen molar-refractivity contribution >= 4 is 22.6 Å². The van der Waals surface area contributed by atoms with Gasteiger partial charge in [0.05, 0.1) is 0 Å². The molecule has 0 saturated carbocycles. The molecule has 1 unspecified atom stereocenters. The molecule has 128 valence electrons. The van der Waals surface area contributed by atoms with Crippen LogP contribution in [0, 0.1) is 0 Å². The van der Waals surface area contributed by atoms with Gasteiger partial charge in [-0.15, -0.1) is 0 Å². The van der Waals surface area contributed by atoms with E-state index in [1.807, 2.05) is 0 Å². The fraction of sp³-hybridized carbons (Fsp3) is 1.00. The highest BCUT2D eigenvalue weighted by atomic mass is 127. The summed E-state index contributed by atoms with van der Waals surface area (Å²) in [4.78, 5) is 0. The molecule has 12 heteroatoms. The van der Waals surface area contributed by atoms with Gasteiger partial charge in [-0.25, -0.2) is 4.39 Å². The third-order valence-corrected chi connectivity index (χ3v) is 2.74. The lowest BCUT2D eigenvalue weighted by molar-refractivity contribution is -0.412. The van der Waals surface area contributed by atoms with Gasteiger partial charge in [-0.3, -0.25) is 0 Å². The van der Waals surface area contributed by atoms with Gasteiger partial charge >= 0.3 is 24.2 Å². The van der Waals surface area contributed by atoms with Gasteiger partial charge in [0, 0.05) is 9.84 Å². The number of hydrogen-bond donors (Lipinski definition) is 0. The summed E-state index contributed by atoms with van der Waals surface area (Å²) in [6, 6.07) is 0. The summed E-state index contributed by atoms with van der Waals surface area (Å²) >= 11 is 1.03. The van der Waals surface area contributed by atoms with Crippen LogP contribution >= 0.6 is 22.6 Å². The first-order chi connectivity index (χ1) is 8.71. The largest absolute Gasteiger partial charge is 0.460 e. The van der Waals surface area contributed by atoms with E-state index >= 15 is 0 Å². The Morgan fingerprint density at radius 1 is 0.619 bits per heavy atom. The zero-order valence-corrected chi connectivity index (χ0v) is 12.4. The summed E-state index contributed by atoms with van der Waals surface area (Å²) in [5.74, 6) is -14.2. The van der Waals surface area contributed by atoms with Crippen LogP contribution in [0.1, 0.15) is 20.3 Å². The van der Waals surface area contributed by atoms with Crippen LogP contribution < -0.4 is 0 Å². The molecule has 0 N–H and O–H groups in total. The Morgan fingerprint density at radius 3 is 1.14 bits per heavy atom. The lowest BCUT2D eigenvalue weighted by atomic mass is 9.84. The Kier molecular flexibility index (Phi) is 5.24. The molecule has 0 bridgehead atoms. The van der Waals surface area contributed by atoms with Crippen LogP contribution in [0.3, 0.4) is 0 Å². The van der Waals surface area contributed by atoms with Crippen LogP contribution in [0.25, 0.3) is 0 Å². The van der Waals surface area contributed by atoms with Crippen LogP contribution in [0.2, 0.25) is 0 Å². The highest BCUT2D eigenvalue weighted by Gasteiger charge is 2.86. The Morgan fingerprint density at radius 2 is 0.952 bits per heavy atom. The van der Waals surface area contributed by atoms with E-state index in [2.05, 4.69) is 0 Å². The predicted molar refractivity (Wildman–Crippen MR) is 58.6 cm³/mol. The number of rotatable bonds is 4. The van der Waals surface area contributed by atoms with Gasteiger partial charge in [0.1, 0.15) is 0 Å². The maximum atomic E-state index is 13.7. The molecular formula is C9H8F11I. The number of alkyl halides is 12. The lowest BCUT2D eigenvalue weighted by Gasteiger charge is -2.41. The van der Waals surface area contributed by atoms with Crippen molar-refractivity contribution in [3.8, 4) is 0 Å². The van der Waals surface area contributed by atoms with E-state index < -0.39 is 39.7 Å². The molecule has 0 fully saturated rings. The first kappa shape index (κ1) is 21.0. The molecule has 0 aromatic rings. The predicted octanol–water partition coefficient (Wildman–Crippen LogP) is 5.69. The van der Waals surface area contributed by atoms with Crippen molar-refractivity contribution in [1.29, 1.82) is 0 Å². The summed E-state index contributed by atoms with van der Waals surface area (Å²) in [6.07, 6.45) is -16.0. The normalized spacial score (nSPS) is 18.6. The molecule has 0 aromatic heterocycles. The molecule has 0 spiro atoms. The van der Waals surface area contributed by atoms with Crippen LogP contribution in [-0.2, 0) is 0 Å². The van der Waals surface area contributed by atoms with Gasteiger partial charge in [0.2, 0.25) is 0 Å². The summed E-state index contributed by atoms with van der Waals surface area (Å²) < 4.78 is 137. The van der Waals surface area contributed by atoms with Crippen molar-refractivity contribution in [2.45, 2.75) is 53.6 Å². The zero-order valence-electron chi connectivity index (χ0n) is 10.2. The van der Waals surface area contributed by atoms with E-state index in [1.165, 1.54) is 0 Å². The van der Waals surface area contributed by atoms with Crippen molar-refractivity contribution in [2.24, 2.45) is 0 Å². The molecule has 0 aliphatic rings. The number of halogens is 12. The van der Waals surface area contributed by atoms with Crippen molar-refractivity contribution in [3.63, 3.8) is 0 Å². The first-order valence-corrected chi connectivity index (χ1v) is 6.05. The smallest absolute Gasteiger partial charge is 0.227 e. The molecule has 0 saturated heterocycles. The maximum absolute atomic E-state index is 13.7. The van der Waals surface area contributed by atoms with Crippen LogP contribution in [-0.4, -0.2) is 33.3 Å². The fourth-order valence-corrected chi connectivity index (χ4v) is 1.92. The minimum atomic E-state index is -7.19. The van der Waals surface area contributed by atoms with E-state index in [0.29, 0.717) is 0 Å². The van der Waals surface area contributed by atoms with Crippen molar-refractivity contribution in [2.75, 3.05) is 0 Å². The third-order valence-electron chi connectivity index (χ3n) is 2.36. The second-order valence-electron chi connectivity index (χ2n) is 4.84. The Balaban J connectivity index is 6.20. The topological polar surface area (TPSA) is 0 Å². The van der Waals surface area contributed by atoms with Gasteiger partial charge in [-0.05, 0) is 0 Å². The fourth-order valence-electron chi connectivity index (χ4n) is 1.40. The second-order valence-corrected chi connectivity index (χ2v) is 7.76. The third kappa shape index (κ3) is 3.66. The molecule has 0 nitrogen and oxygen atoms in total. The average molecular weight is 452 g/mol. The van der Waals surface area contributed by atoms with Gasteiger partial charge in [-0.2, -0.15) is 43.9 Å². The SMILES string of the molecule is CC(C)(I)CC(F)(C(F)(F)F)C(F)(F)C(F)(F)C(F)(F)F. The van der Waals surface area contributed by atoms with Gasteiger partial charge in [0.25, 0.3) is 5.67 Å². The molecule has 0 rings (SSSR count). The molecule has 0 aromatic carbocycles. The van der Waals surface area contributed by atoms with Gasteiger partial charge in [-0.1, -0.05) is 36.4 Å². The summed E-state index contributed by atoms with van der Waals surface area (Å²) in [5, 5.41) is 0. The van der Waals surface area contributed by atoms with E-state index in [0.717, 1.165) is 36.4 Å². The Bertz CT molecular complexity index is 375. The second kappa shape index (κ2) is 5.25. The molecule has 0 radical (unpaired) electrons. The van der Waals surface area contributed by atoms with E-state index in [9.17, 15) is 48.3 Å². The maximum Gasteiger partial charge on any atom is 0.460 e. The molecule has 1 atom stereocenters. The van der Waals surface area contributed by atoms with Crippen molar-refractivity contribution < 1.29 is 48.3 Å². The molecular weight excluding hydrogens is 444 g/mol. The Hall–Kier alpha value is -0.0400. The lowest BCUT2D eigenvalue weighted by Crippen LogP contribution is -2.68. The Labute approximate surface area is 125 Å². The van der Waals surface area contributed by atoms with E-state index in [1.54, 1.807) is 0 Å². The summed E-state index contributed by atoms with van der Waals surface area (Å²) in [6.45, 7) is 1.55. The molecule has 0 aliphatic carbocycles. The molecule has 0 heterocycles. The average Bonchev–Trinajstić information content (AvgIpc) is 2.10. The van der Waals surface area contributed by atoms with Crippen molar-refractivity contribution in [1.82, 2.24) is 0 Å². The quantitative estimate of drug-likeness (QED) is 0.292. The highest BCUT2D eigenvalue weighted by Crippen LogP contribution is 2.59. The standard InChI is InChI=1S/C9H8F11I/c1-4(2,21)3-5(10,8(15,16)17)6(11,12)7(13,14)9(18,19)20/h3H2,1-2H3. The monoisotopic (exact) mass is 452 g/mol. The van der Waals surface area contributed by atoms with Gasteiger partial charge in [0.15, 0.2) is 0 Å². The molecule has 21 heavy (non-hydrogen) atoms. The van der Waals surface area contributed by atoms with Crippen LogP contribution in [0.15, 0.2) is 0 Å². The van der Waals surface area contributed by atoms with Crippen LogP contribution in [0.4, 0.5) is 48.3 Å². The minimum absolute atomic E-state index is 0.773. The first-order valence-electron chi connectivity index (χ1n) is 4.97. The van der Waals surface area contributed by atoms with E-state index in [4.69, 9.17) is 0 Å². The zero-order chi connectivity index (χ0) is 17.7. The number of hydrogen-bond acceptors (Lipinski definition) is 0. The summed E-state index contributed by atoms with van der Waals surface area (Å²) in [5.41, 5.74) is -6.05. The van der Waals surface area contributed by atoms with E-state index in [-0.39, 0.29) is 0 Å². The van der Waals surface area contributed by atoms with Crippen LogP contribution in [0.5, 0.6) is 0 Å². The van der Waals surface area contributed by atoms with Gasteiger partial charge < -0.3 is 0 Å².